The molecule has 2 rings (SSSR count). The summed E-state index contributed by atoms with van der Waals surface area (Å²) in [5, 5.41) is 1.92. The van der Waals surface area contributed by atoms with E-state index in [2.05, 4.69) is 4.72 Å². The number of nitrogen functional groups attached to an aromatic ring is 1. The smallest absolute Gasteiger partial charge is 0.241 e. The van der Waals surface area contributed by atoms with Gasteiger partial charge >= 0.3 is 0 Å². The molecule has 1 aromatic carbocycles. The largest absolute Gasteiger partial charge is 0.398 e. The molecular formula is C14H18N2O2S2. The molecule has 3 N–H and O–H groups in total. The van der Waals surface area contributed by atoms with Crippen LogP contribution in [0.25, 0.3) is 0 Å². The number of nitrogens with one attached hydrogen (secondary N) is 1. The number of hydrogen-bond donors (Lipinski definition) is 2. The number of rotatable bonds is 4. The molecule has 1 aromatic heterocycles. The zero-order valence-corrected chi connectivity index (χ0v) is 13.3. The predicted molar refractivity (Wildman–Crippen MR) is 83.4 cm³/mol. The number of hydrogen-bond acceptors (Lipinski definition) is 4. The van der Waals surface area contributed by atoms with Crippen molar-refractivity contribution in [2.75, 3.05) is 5.73 Å². The van der Waals surface area contributed by atoms with Gasteiger partial charge in [-0.15, -0.1) is 11.3 Å². The van der Waals surface area contributed by atoms with Crippen LogP contribution in [0.3, 0.4) is 0 Å². The molecular weight excluding hydrogens is 292 g/mol. The van der Waals surface area contributed by atoms with Gasteiger partial charge in [0.25, 0.3) is 0 Å². The molecule has 0 aliphatic rings. The molecule has 108 valence electrons. The molecule has 4 nitrogen and oxygen atoms in total. The number of benzene rings is 1. The molecule has 0 aliphatic heterocycles. The van der Waals surface area contributed by atoms with E-state index in [1.54, 1.807) is 6.07 Å². The fourth-order valence-corrected chi connectivity index (χ4v) is 4.06. The van der Waals surface area contributed by atoms with Crippen molar-refractivity contribution < 1.29 is 8.42 Å². The molecule has 0 saturated carbocycles. The van der Waals surface area contributed by atoms with Crippen molar-refractivity contribution >= 4 is 27.0 Å². The summed E-state index contributed by atoms with van der Waals surface area (Å²) in [5.41, 5.74) is 8.13. The fraction of sp³-hybridized carbons (Fsp3) is 0.286. The summed E-state index contributed by atoms with van der Waals surface area (Å²) in [6.07, 6.45) is 0. The van der Waals surface area contributed by atoms with Gasteiger partial charge in [-0.25, -0.2) is 13.1 Å². The van der Waals surface area contributed by atoms with Gasteiger partial charge in [-0.05, 0) is 55.5 Å². The molecule has 0 aliphatic carbocycles. The SMILES string of the molecule is Cc1cc(S(=O)(=O)NC(C)c2cccs2)cc(N)c1C. The minimum atomic E-state index is -3.57. The highest BCUT2D eigenvalue weighted by molar-refractivity contribution is 7.89. The Hall–Kier alpha value is -1.37. The van der Waals surface area contributed by atoms with E-state index < -0.39 is 10.0 Å². The number of nitrogens with two attached hydrogens (primary N) is 1. The maximum absolute atomic E-state index is 12.4. The van der Waals surface area contributed by atoms with Gasteiger partial charge in [-0.1, -0.05) is 6.07 Å². The van der Waals surface area contributed by atoms with Crippen LogP contribution in [0.4, 0.5) is 5.69 Å². The molecule has 1 atom stereocenters. The fourth-order valence-electron chi connectivity index (χ4n) is 1.90. The van der Waals surface area contributed by atoms with Crippen LogP contribution < -0.4 is 10.5 Å². The van der Waals surface area contributed by atoms with Gasteiger partial charge in [-0.2, -0.15) is 0 Å². The van der Waals surface area contributed by atoms with Crippen LogP contribution in [0, 0.1) is 13.8 Å². The molecule has 1 unspecified atom stereocenters. The van der Waals surface area contributed by atoms with E-state index in [0.717, 1.165) is 16.0 Å². The molecule has 20 heavy (non-hydrogen) atoms. The molecule has 0 spiro atoms. The number of thiophene rings is 1. The van der Waals surface area contributed by atoms with Gasteiger partial charge in [0.05, 0.1) is 10.9 Å². The highest BCUT2D eigenvalue weighted by Gasteiger charge is 2.20. The van der Waals surface area contributed by atoms with Gasteiger partial charge in [-0.3, -0.25) is 0 Å². The molecule has 6 heteroatoms. The highest BCUT2D eigenvalue weighted by atomic mass is 32.2. The molecule has 0 bridgehead atoms. The topological polar surface area (TPSA) is 72.2 Å². The average molecular weight is 310 g/mol. The monoisotopic (exact) mass is 310 g/mol. The van der Waals surface area contributed by atoms with Crippen molar-refractivity contribution in [3.05, 3.63) is 45.6 Å². The molecule has 0 saturated heterocycles. The summed E-state index contributed by atoms with van der Waals surface area (Å²) in [7, 11) is -3.57. The van der Waals surface area contributed by atoms with Crippen LogP contribution in [0.15, 0.2) is 34.5 Å². The van der Waals surface area contributed by atoms with Crippen LogP contribution in [-0.2, 0) is 10.0 Å². The van der Waals surface area contributed by atoms with Gasteiger partial charge in [0.15, 0.2) is 0 Å². The van der Waals surface area contributed by atoms with Crippen molar-refractivity contribution in [3.63, 3.8) is 0 Å². The standard InChI is InChI=1S/C14H18N2O2S2/c1-9-7-12(8-13(15)10(9)2)20(17,18)16-11(3)14-5-4-6-19-14/h4-8,11,16H,15H2,1-3H3. The first-order valence-electron chi connectivity index (χ1n) is 6.23. The van der Waals surface area contributed by atoms with Crippen LogP contribution in [0.1, 0.15) is 29.0 Å². The van der Waals surface area contributed by atoms with Gasteiger partial charge in [0.2, 0.25) is 10.0 Å². The summed E-state index contributed by atoms with van der Waals surface area (Å²) in [4.78, 5) is 1.19. The average Bonchev–Trinajstić information content (AvgIpc) is 2.88. The van der Waals surface area contributed by atoms with E-state index in [-0.39, 0.29) is 10.9 Å². The third-order valence-corrected chi connectivity index (χ3v) is 5.87. The quantitative estimate of drug-likeness (QED) is 0.853. The maximum Gasteiger partial charge on any atom is 0.241 e. The van der Waals surface area contributed by atoms with Crippen LogP contribution in [0.2, 0.25) is 0 Å². The van der Waals surface area contributed by atoms with E-state index in [1.807, 2.05) is 38.3 Å². The predicted octanol–water partition coefficient (Wildman–Crippen LogP) is 2.99. The third-order valence-electron chi connectivity index (χ3n) is 3.29. The Morgan fingerprint density at radius 1 is 1.30 bits per heavy atom. The molecule has 0 fully saturated rings. The van der Waals surface area contributed by atoms with Crippen LogP contribution in [-0.4, -0.2) is 8.42 Å². The van der Waals surface area contributed by atoms with Crippen molar-refractivity contribution in [2.24, 2.45) is 0 Å². The van der Waals surface area contributed by atoms with Crippen LogP contribution >= 0.6 is 11.3 Å². The first kappa shape index (κ1) is 15.0. The summed E-state index contributed by atoms with van der Waals surface area (Å²) >= 11 is 1.52. The van der Waals surface area contributed by atoms with Crippen molar-refractivity contribution in [1.29, 1.82) is 0 Å². The second-order valence-electron chi connectivity index (χ2n) is 4.81. The Balaban J connectivity index is 2.31. The maximum atomic E-state index is 12.4. The van der Waals surface area contributed by atoms with E-state index in [4.69, 9.17) is 5.73 Å². The molecule has 1 heterocycles. The first-order valence-corrected chi connectivity index (χ1v) is 8.60. The first-order chi connectivity index (χ1) is 9.31. The summed E-state index contributed by atoms with van der Waals surface area (Å²) in [6.45, 7) is 5.56. The minimum Gasteiger partial charge on any atom is -0.398 e. The minimum absolute atomic E-state index is 0.210. The van der Waals surface area contributed by atoms with Gasteiger partial charge in [0.1, 0.15) is 0 Å². The molecule has 0 amide bonds. The number of anilines is 1. The second kappa shape index (κ2) is 5.55. The summed E-state index contributed by atoms with van der Waals surface area (Å²) < 4.78 is 27.5. The van der Waals surface area contributed by atoms with Crippen molar-refractivity contribution in [2.45, 2.75) is 31.7 Å². The summed E-state index contributed by atoms with van der Waals surface area (Å²) in [6, 6.07) is 6.70. The van der Waals surface area contributed by atoms with E-state index in [9.17, 15) is 8.42 Å². The summed E-state index contributed by atoms with van der Waals surface area (Å²) in [5.74, 6) is 0. The Kier molecular flexibility index (Phi) is 4.17. The van der Waals surface area contributed by atoms with E-state index in [1.165, 1.54) is 17.4 Å². The van der Waals surface area contributed by atoms with Crippen molar-refractivity contribution in [1.82, 2.24) is 4.72 Å². The zero-order valence-electron chi connectivity index (χ0n) is 11.7. The lowest BCUT2D eigenvalue weighted by Gasteiger charge is -2.14. The normalized spacial score (nSPS) is 13.3. The van der Waals surface area contributed by atoms with Gasteiger partial charge in [0, 0.05) is 10.6 Å². The Bertz CT molecular complexity index is 684. The molecule has 2 aromatic rings. The van der Waals surface area contributed by atoms with Gasteiger partial charge < -0.3 is 5.73 Å². The van der Waals surface area contributed by atoms with E-state index in [0.29, 0.717) is 5.69 Å². The lowest BCUT2D eigenvalue weighted by atomic mass is 10.1. The Morgan fingerprint density at radius 3 is 2.55 bits per heavy atom. The van der Waals surface area contributed by atoms with Crippen molar-refractivity contribution in [3.8, 4) is 0 Å². The second-order valence-corrected chi connectivity index (χ2v) is 7.51. The number of aryl methyl sites for hydroxylation is 1. The Morgan fingerprint density at radius 2 is 2.00 bits per heavy atom. The lowest BCUT2D eigenvalue weighted by Crippen LogP contribution is -2.26. The van der Waals surface area contributed by atoms with Crippen LogP contribution in [0.5, 0.6) is 0 Å². The van der Waals surface area contributed by atoms with E-state index >= 15 is 0 Å². The number of sulfonamides is 1. The molecule has 0 radical (unpaired) electrons. The highest BCUT2D eigenvalue weighted by Crippen LogP contribution is 2.24. The Labute approximate surface area is 123 Å². The lowest BCUT2D eigenvalue weighted by molar-refractivity contribution is 0.568. The zero-order chi connectivity index (χ0) is 14.9. The third kappa shape index (κ3) is 3.03.